The van der Waals surface area contributed by atoms with E-state index in [1.54, 1.807) is 18.5 Å². The fraction of sp³-hybridized carbons (Fsp3) is 0.111. The van der Waals surface area contributed by atoms with Crippen LogP contribution < -0.4 is 10.6 Å². The van der Waals surface area contributed by atoms with Crippen molar-refractivity contribution in [2.24, 2.45) is 0 Å². The van der Waals surface area contributed by atoms with Crippen molar-refractivity contribution >= 4 is 17.4 Å². The van der Waals surface area contributed by atoms with Gasteiger partial charge in [-0.15, -0.1) is 0 Å². The summed E-state index contributed by atoms with van der Waals surface area (Å²) in [6.45, 7) is 2.43. The minimum absolute atomic E-state index is 0.248. The Kier molecular flexibility index (Phi) is 4.76. The number of hydrogen-bond donors (Lipinski definition) is 2. The van der Waals surface area contributed by atoms with Crippen LogP contribution in [0, 0.1) is 6.92 Å². The number of anilines is 2. The van der Waals surface area contributed by atoms with Gasteiger partial charge in [-0.3, -0.25) is 9.78 Å². The normalized spacial score (nSPS) is 10.2. The number of aromatic nitrogens is 3. The molecule has 3 aromatic rings. The minimum atomic E-state index is -0.248. The number of nitrogens with one attached hydrogen (secondary N) is 2. The smallest absolute Gasteiger partial charge is 0.270 e. The lowest BCUT2D eigenvalue weighted by atomic mass is 10.2. The molecule has 6 nitrogen and oxygen atoms in total. The fourth-order valence-corrected chi connectivity index (χ4v) is 2.17. The van der Waals surface area contributed by atoms with Crippen LogP contribution in [0.1, 0.15) is 21.6 Å². The zero-order chi connectivity index (χ0) is 16.8. The molecule has 0 saturated carbocycles. The first-order chi connectivity index (χ1) is 11.7. The van der Waals surface area contributed by atoms with E-state index in [4.69, 9.17) is 0 Å². The van der Waals surface area contributed by atoms with E-state index < -0.39 is 0 Å². The van der Waals surface area contributed by atoms with Crippen molar-refractivity contribution in [2.75, 3.05) is 5.32 Å². The van der Waals surface area contributed by atoms with Crippen LogP contribution in [0.3, 0.4) is 0 Å². The van der Waals surface area contributed by atoms with Crippen molar-refractivity contribution in [3.63, 3.8) is 0 Å². The number of pyridine rings is 1. The van der Waals surface area contributed by atoms with Crippen LogP contribution >= 0.6 is 0 Å². The van der Waals surface area contributed by atoms with Crippen molar-refractivity contribution < 1.29 is 4.79 Å². The predicted octanol–water partition coefficient (Wildman–Crippen LogP) is 2.85. The van der Waals surface area contributed by atoms with Gasteiger partial charge in [-0.25, -0.2) is 9.97 Å². The Hall–Kier alpha value is -3.28. The number of hydrogen-bond acceptors (Lipinski definition) is 5. The van der Waals surface area contributed by atoms with Crippen LogP contribution in [0.4, 0.5) is 11.5 Å². The molecule has 3 rings (SSSR count). The Labute approximate surface area is 140 Å². The monoisotopic (exact) mass is 319 g/mol. The van der Waals surface area contributed by atoms with Crippen LogP contribution in [0.15, 0.2) is 61.2 Å². The molecule has 24 heavy (non-hydrogen) atoms. The van der Waals surface area contributed by atoms with Crippen molar-refractivity contribution in [3.05, 3.63) is 78.0 Å². The van der Waals surface area contributed by atoms with Gasteiger partial charge in [0.15, 0.2) is 0 Å². The van der Waals surface area contributed by atoms with Gasteiger partial charge in [0, 0.05) is 30.7 Å². The maximum Gasteiger partial charge on any atom is 0.270 e. The summed E-state index contributed by atoms with van der Waals surface area (Å²) in [7, 11) is 0. The number of para-hydroxylation sites is 1. The van der Waals surface area contributed by atoms with Gasteiger partial charge < -0.3 is 10.6 Å². The Morgan fingerprint density at radius 3 is 2.67 bits per heavy atom. The van der Waals surface area contributed by atoms with Gasteiger partial charge in [-0.05, 0) is 36.2 Å². The minimum Gasteiger partial charge on any atom is -0.347 e. The first kappa shape index (κ1) is 15.6. The zero-order valence-corrected chi connectivity index (χ0v) is 13.2. The SMILES string of the molecule is Cc1ccccc1Nc1cc(C(=O)NCc2ccncc2)ncn1. The Balaban J connectivity index is 1.68. The van der Waals surface area contributed by atoms with E-state index in [2.05, 4.69) is 25.6 Å². The third-order valence-electron chi connectivity index (χ3n) is 3.51. The lowest BCUT2D eigenvalue weighted by molar-refractivity contribution is 0.0946. The number of aryl methyl sites for hydroxylation is 1. The number of rotatable bonds is 5. The average Bonchev–Trinajstić information content (AvgIpc) is 2.63. The summed E-state index contributed by atoms with van der Waals surface area (Å²) in [5.41, 5.74) is 3.33. The molecular formula is C18H17N5O. The summed E-state index contributed by atoms with van der Waals surface area (Å²) in [6.07, 6.45) is 4.76. The number of carbonyl (C=O) groups excluding carboxylic acids is 1. The van der Waals surface area contributed by atoms with E-state index in [-0.39, 0.29) is 5.91 Å². The van der Waals surface area contributed by atoms with Gasteiger partial charge in [0.05, 0.1) is 0 Å². The third kappa shape index (κ3) is 3.92. The molecule has 0 fully saturated rings. The lowest BCUT2D eigenvalue weighted by Gasteiger charge is -2.09. The quantitative estimate of drug-likeness (QED) is 0.756. The molecule has 0 saturated heterocycles. The summed E-state index contributed by atoms with van der Waals surface area (Å²) in [5.74, 6) is 0.329. The van der Waals surface area contributed by atoms with E-state index in [1.165, 1.54) is 6.33 Å². The van der Waals surface area contributed by atoms with Gasteiger partial charge >= 0.3 is 0 Å². The molecule has 2 N–H and O–H groups in total. The first-order valence-electron chi connectivity index (χ1n) is 7.54. The molecule has 0 radical (unpaired) electrons. The maximum atomic E-state index is 12.2. The van der Waals surface area contributed by atoms with E-state index in [0.717, 1.165) is 16.8 Å². The van der Waals surface area contributed by atoms with E-state index in [0.29, 0.717) is 18.1 Å². The maximum absolute atomic E-state index is 12.2. The molecule has 0 aliphatic rings. The second-order valence-corrected chi connectivity index (χ2v) is 5.27. The molecule has 0 atom stereocenters. The zero-order valence-electron chi connectivity index (χ0n) is 13.2. The number of carbonyl (C=O) groups is 1. The van der Waals surface area contributed by atoms with E-state index in [1.807, 2.05) is 43.3 Å². The third-order valence-corrected chi connectivity index (χ3v) is 3.51. The van der Waals surface area contributed by atoms with Gasteiger partial charge in [0.25, 0.3) is 5.91 Å². The number of nitrogens with zero attached hydrogens (tertiary/aromatic N) is 3. The molecule has 0 unspecified atom stereocenters. The molecule has 0 spiro atoms. The average molecular weight is 319 g/mol. The number of amides is 1. The van der Waals surface area contributed by atoms with Crippen LogP contribution in [-0.4, -0.2) is 20.9 Å². The van der Waals surface area contributed by atoms with Gasteiger partial charge in [-0.1, -0.05) is 18.2 Å². The lowest BCUT2D eigenvalue weighted by Crippen LogP contribution is -2.24. The summed E-state index contributed by atoms with van der Waals surface area (Å²) >= 11 is 0. The van der Waals surface area contributed by atoms with E-state index >= 15 is 0 Å². The van der Waals surface area contributed by atoms with Crippen molar-refractivity contribution in [1.82, 2.24) is 20.3 Å². The first-order valence-corrected chi connectivity index (χ1v) is 7.54. The molecular weight excluding hydrogens is 302 g/mol. The van der Waals surface area contributed by atoms with Crippen LogP contribution in [0.25, 0.3) is 0 Å². The van der Waals surface area contributed by atoms with Crippen molar-refractivity contribution in [1.29, 1.82) is 0 Å². The summed E-state index contributed by atoms with van der Waals surface area (Å²) in [5, 5.41) is 6.03. The van der Waals surface area contributed by atoms with Gasteiger partial charge in [-0.2, -0.15) is 0 Å². The second kappa shape index (κ2) is 7.32. The van der Waals surface area contributed by atoms with Crippen LogP contribution in [0.2, 0.25) is 0 Å². The van der Waals surface area contributed by atoms with Crippen LogP contribution in [-0.2, 0) is 6.54 Å². The second-order valence-electron chi connectivity index (χ2n) is 5.27. The fourth-order valence-electron chi connectivity index (χ4n) is 2.17. The summed E-state index contributed by atoms with van der Waals surface area (Å²) in [6, 6.07) is 13.2. The van der Waals surface area contributed by atoms with Crippen molar-refractivity contribution in [3.8, 4) is 0 Å². The highest BCUT2D eigenvalue weighted by Crippen LogP contribution is 2.18. The molecule has 1 amide bonds. The molecule has 6 heteroatoms. The summed E-state index contributed by atoms with van der Waals surface area (Å²) < 4.78 is 0. The number of benzene rings is 1. The van der Waals surface area contributed by atoms with E-state index in [9.17, 15) is 4.79 Å². The standard InChI is InChI=1S/C18H17N5O/c1-13-4-2-3-5-15(13)23-17-10-16(21-12-22-17)18(24)20-11-14-6-8-19-9-7-14/h2-10,12H,11H2,1H3,(H,20,24)(H,21,22,23). The Bertz CT molecular complexity index is 836. The topological polar surface area (TPSA) is 79.8 Å². The van der Waals surface area contributed by atoms with Crippen LogP contribution in [0.5, 0.6) is 0 Å². The molecule has 120 valence electrons. The molecule has 0 bridgehead atoms. The van der Waals surface area contributed by atoms with Gasteiger partial charge in [0.2, 0.25) is 0 Å². The highest BCUT2D eigenvalue weighted by molar-refractivity contribution is 5.92. The molecule has 0 aliphatic carbocycles. The largest absolute Gasteiger partial charge is 0.347 e. The highest BCUT2D eigenvalue weighted by Gasteiger charge is 2.09. The molecule has 1 aromatic carbocycles. The Morgan fingerprint density at radius 2 is 1.88 bits per heavy atom. The van der Waals surface area contributed by atoms with Gasteiger partial charge in [0.1, 0.15) is 17.8 Å². The molecule has 0 aliphatic heterocycles. The molecule has 2 aromatic heterocycles. The predicted molar refractivity (Wildman–Crippen MR) is 91.9 cm³/mol. The van der Waals surface area contributed by atoms with Crippen molar-refractivity contribution in [2.45, 2.75) is 13.5 Å². The highest BCUT2D eigenvalue weighted by atomic mass is 16.1. The summed E-state index contributed by atoms with van der Waals surface area (Å²) in [4.78, 5) is 24.4. The molecule has 2 heterocycles. The Morgan fingerprint density at radius 1 is 1.08 bits per heavy atom.